The Morgan fingerprint density at radius 1 is 0.900 bits per heavy atom. The second-order valence-electron chi connectivity index (χ2n) is 6.79. The van der Waals surface area contributed by atoms with Crippen LogP contribution in [0.2, 0.25) is 0 Å². The van der Waals surface area contributed by atoms with Crippen molar-refractivity contribution in [2.24, 2.45) is 5.14 Å². The molecule has 0 bridgehead atoms. The van der Waals surface area contributed by atoms with E-state index in [9.17, 15) is 8.42 Å². The van der Waals surface area contributed by atoms with Gasteiger partial charge in [-0.3, -0.25) is 4.90 Å². The van der Waals surface area contributed by atoms with Crippen LogP contribution in [0.15, 0.2) is 65.6 Å². The molecule has 30 heavy (non-hydrogen) atoms. The van der Waals surface area contributed by atoms with Crippen LogP contribution in [-0.2, 0) is 21.3 Å². The van der Waals surface area contributed by atoms with E-state index in [4.69, 9.17) is 9.88 Å². The van der Waals surface area contributed by atoms with E-state index in [0.29, 0.717) is 10.9 Å². The van der Waals surface area contributed by atoms with Gasteiger partial charge in [0.05, 0.1) is 18.1 Å². The molecule has 1 fully saturated rings. The number of sulfonamides is 1. The first kappa shape index (κ1) is 26.3. The maximum atomic E-state index is 12.3. The van der Waals surface area contributed by atoms with Crippen LogP contribution >= 0.6 is 24.8 Å². The minimum atomic E-state index is -3.86. The van der Waals surface area contributed by atoms with Crippen LogP contribution in [0, 0.1) is 0 Å². The van der Waals surface area contributed by atoms with Gasteiger partial charge < -0.3 is 10.2 Å². The minimum absolute atomic E-state index is 0. The highest BCUT2D eigenvalue weighted by Gasteiger charge is 2.19. The van der Waals surface area contributed by atoms with Crippen LogP contribution in [0.3, 0.4) is 0 Å². The Bertz CT molecular complexity index is 1070. The SMILES string of the molecule is Cl.Cl.NS(=O)(=O)c1c(-c2ccc(CN3CCOCC3)cc2)ccc2ccccc12.O. The summed E-state index contributed by atoms with van der Waals surface area (Å²) >= 11 is 0. The Morgan fingerprint density at radius 3 is 2.17 bits per heavy atom. The smallest absolute Gasteiger partial charge is 0.239 e. The van der Waals surface area contributed by atoms with Gasteiger partial charge >= 0.3 is 0 Å². The molecule has 0 aliphatic carbocycles. The maximum absolute atomic E-state index is 12.3. The summed E-state index contributed by atoms with van der Waals surface area (Å²) in [5, 5.41) is 7.07. The van der Waals surface area contributed by atoms with Crippen molar-refractivity contribution in [2.75, 3.05) is 26.3 Å². The molecule has 9 heteroatoms. The summed E-state index contributed by atoms with van der Waals surface area (Å²) in [7, 11) is -3.86. The molecule has 0 atom stereocenters. The number of halogens is 2. The van der Waals surface area contributed by atoms with E-state index in [2.05, 4.69) is 4.90 Å². The van der Waals surface area contributed by atoms with Crippen LogP contribution in [-0.4, -0.2) is 45.1 Å². The number of hydrogen-bond donors (Lipinski definition) is 1. The van der Waals surface area contributed by atoms with Gasteiger partial charge in [-0.15, -0.1) is 24.8 Å². The molecular formula is C21H26Cl2N2O4S. The molecule has 0 aromatic heterocycles. The lowest BCUT2D eigenvalue weighted by Gasteiger charge is -2.26. The summed E-state index contributed by atoms with van der Waals surface area (Å²) in [4.78, 5) is 2.53. The minimum Gasteiger partial charge on any atom is -0.412 e. The third-order valence-corrected chi connectivity index (χ3v) is 5.95. The Kier molecular flexibility index (Phi) is 9.71. The largest absolute Gasteiger partial charge is 0.412 e. The van der Waals surface area contributed by atoms with E-state index >= 15 is 0 Å². The van der Waals surface area contributed by atoms with Crippen molar-refractivity contribution >= 4 is 45.6 Å². The molecule has 0 spiro atoms. The molecule has 1 aliphatic rings. The Morgan fingerprint density at radius 2 is 1.53 bits per heavy atom. The number of nitrogens with zero attached hydrogens (tertiary/aromatic N) is 1. The fourth-order valence-electron chi connectivity index (χ4n) is 3.58. The monoisotopic (exact) mass is 472 g/mol. The Hall–Kier alpha value is -1.71. The number of rotatable bonds is 4. The fraction of sp³-hybridized carbons (Fsp3) is 0.238. The molecule has 0 unspecified atom stereocenters. The van der Waals surface area contributed by atoms with Crippen molar-refractivity contribution in [1.29, 1.82) is 0 Å². The lowest BCUT2D eigenvalue weighted by Crippen LogP contribution is -2.35. The van der Waals surface area contributed by atoms with Gasteiger partial charge in [-0.05, 0) is 16.5 Å². The van der Waals surface area contributed by atoms with E-state index < -0.39 is 10.0 Å². The normalized spacial score (nSPS) is 14.3. The number of primary sulfonamides is 1. The van der Waals surface area contributed by atoms with Gasteiger partial charge in [0.1, 0.15) is 0 Å². The first-order chi connectivity index (χ1) is 13.0. The van der Waals surface area contributed by atoms with Crippen molar-refractivity contribution in [1.82, 2.24) is 4.90 Å². The number of morpholine rings is 1. The van der Waals surface area contributed by atoms with Crippen molar-refractivity contribution in [3.8, 4) is 11.1 Å². The molecule has 6 nitrogen and oxygen atoms in total. The summed E-state index contributed by atoms with van der Waals surface area (Å²) in [6, 6.07) is 19.2. The van der Waals surface area contributed by atoms with Gasteiger partial charge in [0.2, 0.25) is 10.0 Å². The van der Waals surface area contributed by atoms with E-state index in [-0.39, 0.29) is 35.2 Å². The highest BCUT2D eigenvalue weighted by Crippen LogP contribution is 2.33. The second kappa shape index (κ2) is 11.1. The van der Waals surface area contributed by atoms with Gasteiger partial charge in [0.25, 0.3) is 0 Å². The number of ether oxygens (including phenoxy) is 1. The lowest BCUT2D eigenvalue weighted by molar-refractivity contribution is 0.0342. The van der Waals surface area contributed by atoms with E-state index in [1.54, 1.807) is 6.07 Å². The van der Waals surface area contributed by atoms with Crippen molar-refractivity contribution in [3.63, 3.8) is 0 Å². The zero-order valence-electron chi connectivity index (χ0n) is 16.3. The van der Waals surface area contributed by atoms with Gasteiger partial charge in [-0.1, -0.05) is 60.7 Å². The van der Waals surface area contributed by atoms with E-state index in [0.717, 1.165) is 43.8 Å². The number of nitrogens with two attached hydrogens (primary N) is 1. The van der Waals surface area contributed by atoms with Crippen LogP contribution < -0.4 is 5.14 Å². The van der Waals surface area contributed by atoms with E-state index in [1.165, 1.54) is 5.56 Å². The summed E-state index contributed by atoms with van der Waals surface area (Å²) < 4.78 is 30.0. The Labute approximate surface area is 189 Å². The number of hydrogen-bond acceptors (Lipinski definition) is 4. The topological polar surface area (TPSA) is 104 Å². The highest BCUT2D eigenvalue weighted by molar-refractivity contribution is 7.89. The molecule has 3 aromatic carbocycles. The molecule has 1 aliphatic heterocycles. The van der Waals surface area contributed by atoms with Crippen molar-refractivity contribution < 1.29 is 18.6 Å². The molecule has 4 N–H and O–H groups in total. The zero-order valence-corrected chi connectivity index (χ0v) is 18.7. The predicted molar refractivity (Wildman–Crippen MR) is 125 cm³/mol. The lowest BCUT2D eigenvalue weighted by atomic mass is 10.00. The quantitative estimate of drug-likeness (QED) is 0.629. The Balaban J connectivity index is 0.00000150. The third-order valence-electron chi connectivity index (χ3n) is 4.94. The fourth-order valence-corrected chi connectivity index (χ4v) is 4.57. The first-order valence-electron chi connectivity index (χ1n) is 8.96. The molecule has 164 valence electrons. The molecule has 1 heterocycles. The zero-order chi connectivity index (χ0) is 18.9. The molecule has 3 aromatic rings. The summed E-state index contributed by atoms with van der Waals surface area (Å²) in [6.07, 6.45) is 0. The summed E-state index contributed by atoms with van der Waals surface area (Å²) in [5.41, 5.74) is 2.67. The molecule has 4 rings (SSSR count). The van der Waals surface area contributed by atoms with Crippen molar-refractivity contribution in [3.05, 3.63) is 66.2 Å². The van der Waals surface area contributed by atoms with Gasteiger partial charge in [-0.2, -0.15) is 0 Å². The van der Waals surface area contributed by atoms with Gasteiger partial charge in [0, 0.05) is 30.6 Å². The summed E-state index contributed by atoms with van der Waals surface area (Å²) in [6.45, 7) is 4.27. The molecular weight excluding hydrogens is 447 g/mol. The summed E-state index contributed by atoms with van der Waals surface area (Å²) in [5.74, 6) is 0. The average molecular weight is 473 g/mol. The molecule has 0 amide bonds. The van der Waals surface area contributed by atoms with E-state index in [1.807, 2.05) is 54.6 Å². The standard InChI is InChI=1S/C21H22N2O3S.2ClH.H2O/c22-27(24,25)21-19-4-2-1-3-17(19)9-10-20(21)18-7-5-16(6-8-18)15-23-11-13-26-14-12-23;;;/h1-10H,11-15H2,(H2,22,24,25);2*1H;1H2. The van der Waals surface area contributed by atoms with Crippen molar-refractivity contribution in [2.45, 2.75) is 11.4 Å². The van der Waals surface area contributed by atoms with Gasteiger partial charge in [0.15, 0.2) is 0 Å². The maximum Gasteiger partial charge on any atom is 0.239 e. The first-order valence-corrected chi connectivity index (χ1v) is 10.5. The third kappa shape index (κ3) is 5.70. The van der Waals surface area contributed by atoms with Crippen LogP contribution in [0.4, 0.5) is 0 Å². The van der Waals surface area contributed by atoms with Gasteiger partial charge in [-0.25, -0.2) is 13.6 Å². The highest BCUT2D eigenvalue weighted by atomic mass is 35.5. The van der Waals surface area contributed by atoms with Crippen LogP contribution in [0.5, 0.6) is 0 Å². The molecule has 1 saturated heterocycles. The van der Waals surface area contributed by atoms with Crippen LogP contribution in [0.1, 0.15) is 5.56 Å². The van der Waals surface area contributed by atoms with Crippen LogP contribution in [0.25, 0.3) is 21.9 Å². The predicted octanol–water partition coefficient (Wildman–Crippen LogP) is 3.01. The number of fused-ring (bicyclic) bond motifs is 1. The molecule has 0 saturated carbocycles. The number of benzene rings is 3. The second-order valence-corrected chi connectivity index (χ2v) is 8.29. The molecule has 0 radical (unpaired) electrons. The average Bonchev–Trinajstić information content (AvgIpc) is 2.68.